The zero-order valence-corrected chi connectivity index (χ0v) is 15.4. The standard InChI is InChI=1S/C18H15IN4O2/c20-13-3-1-11(2-4-13)18-15-7-17-16(24-10-25-17)6-12(15)5-14-8-21-22-23(14)9-19-18/h1-4,6-8H,5,9-10,20H2. The van der Waals surface area contributed by atoms with Gasteiger partial charge in [0.25, 0.3) is 0 Å². The highest BCUT2D eigenvalue weighted by atomic mass is 127. The van der Waals surface area contributed by atoms with Crippen LogP contribution in [0.4, 0.5) is 5.69 Å². The van der Waals surface area contributed by atoms with Crippen molar-refractivity contribution in [1.29, 1.82) is 0 Å². The first kappa shape index (κ1) is 14.9. The van der Waals surface area contributed by atoms with Crippen LogP contribution in [0.15, 0.2) is 42.6 Å². The second-order valence-electron chi connectivity index (χ2n) is 5.95. The molecule has 0 atom stereocenters. The third kappa shape index (κ3) is 2.58. The summed E-state index contributed by atoms with van der Waals surface area (Å²) >= 11 is -0.304. The monoisotopic (exact) mass is 446 g/mol. The molecule has 0 amide bonds. The van der Waals surface area contributed by atoms with Gasteiger partial charge in [-0.2, -0.15) is 0 Å². The highest BCUT2D eigenvalue weighted by molar-refractivity contribution is 14.2. The second kappa shape index (κ2) is 5.83. The van der Waals surface area contributed by atoms with E-state index in [0.29, 0.717) is 0 Å². The van der Waals surface area contributed by atoms with Crippen molar-refractivity contribution in [3.8, 4) is 11.5 Å². The second-order valence-corrected chi connectivity index (χ2v) is 8.48. The number of nitrogen functional groups attached to an aromatic ring is 1. The summed E-state index contributed by atoms with van der Waals surface area (Å²) in [6.45, 7) is 0.282. The molecule has 0 saturated heterocycles. The molecule has 126 valence electrons. The number of benzene rings is 2. The first-order chi connectivity index (χ1) is 12.3. The van der Waals surface area contributed by atoms with Crippen molar-refractivity contribution in [2.45, 2.75) is 11.0 Å². The zero-order chi connectivity index (χ0) is 16.8. The lowest BCUT2D eigenvalue weighted by Crippen LogP contribution is -2.12. The average molecular weight is 446 g/mol. The molecule has 0 fully saturated rings. The van der Waals surface area contributed by atoms with Gasteiger partial charge in [0.1, 0.15) is 0 Å². The Bertz CT molecular complexity index is 995. The van der Waals surface area contributed by atoms with Crippen LogP contribution in [0.1, 0.15) is 22.4 Å². The molecule has 2 aromatic carbocycles. The first-order valence-corrected chi connectivity index (χ1v) is 10.5. The third-order valence-corrected chi connectivity index (χ3v) is 7.33. The first-order valence-electron chi connectivity index (χ1n) is 7.90. The molecule has 0 bridgehead atoms. The van der Waals surface area contributed by atoms with Crippen LogP contribution >= 0.6 is 20.7 Å². The number of rotatable bonds is 1. The average Bonchev–Trinajstić information content (AvgIpc) is 3.24. The van der Waals surface area contributed by atoms with Crippen molar-refractivity contribution < 1.29 is 9.47 Å². The van der Waals surface area contributed by atoms with Crippen LogP contribution in [0.25, 0.3) is 0 Å². The lowest BCUT2D eigenvalue weighted by molar-refractivity contribution is 0.174. The SMILES string of the molecule is Nc1ccc(C2=ICn3nncc3Cc3cc4c(cc32)OCO4)cc1. The molecule has 2 aliphatic rings. The van der Waals surface area contributed by atoms with Crippen LogP contribution in [-0.4, -0.2) is 25.3 Å². The van der Waals surface area contributed by atoms with E-state index in [1.54, 1.807) is 0 Å². The van der Waals surface area contributed by atoms with Gasteiger partial charge in [-0.25, -0.2) is 4.68 Å². The molecule has 3 aromatic rings. The van der Waals surface area contributed by atoms with E-state index in [1.807, 2.05) is 23.0 Å². The topological polar surface area (TPSA) is 75.2 Å². The van der Waals surface area contributed by atoms with Gasteiger partial charge < -0.3 is 15.2 Å². The van der Waals surface area contributed by atoms with Crippen molar-refractivity contribution in [2.24, 2.45) is 0 Å². The predicted molar refractivity (Wildman–Crippen MR) is 103 cm³/mol. The number of ether oxygens (including phenoxy) is 2. The zero-order valence-electron chi connectivity index (χ0n) is 13.3. The van der Waals surface area contributed by atoms with Crippen molar-refractivity contribution in [1.82, 2.24) is 15.0 Å². The Morgan fingerprint density at radius 3 is 2.72 bits per heavy atom. The third-order valence-electron chi connectivity index (χ3n) is 4.38. The van der Waals surface area contributed by atoms with Gasteiger partial charge in [-0.05, 0) is 41.0 Å². The Labute approximate surface area is 154 Å². The summed E-state index contributed by atoms with van der Waals surface area (Å²) in [5.74, 6) is 1.64. The van der Waals surface area contributed by atoms with Crippen LogP contribution in [0.2, 0.25) is 0 Å². The summed E-state index contributed by atoms with van der Waals surface area (Å²) in [5, 5.41) is 8.34. The molecule has 2 aliphatic heterocycles. The maximum Gasteiger partial charge on any atom is 0.231 e. The summed E-state index contributed by atoms with van der Waals surface area (Å²) in [5.41, 5.74) is 11.5. The van der Waals surface area contributed by atoms with Gasteiger partial charge in [0.15, 0.2) is 11.5 Å². The Hall–Kier alpha value is -2.42. The minimum atomic E-state index is -0.304. The highest BCUT2D eigenvalue weighted by Gasteiger charge is 2.22. The molecule has 25 heavy (non-hydrogen) atoms. The minimum absolute atomic E-state index is 0.282. The number of halogens is 1. The Kier molecular flexibility index (Phi) is 3.47. The molecule has 7 heteroatoms. The van der Waals surface area contributed by atoms with E-state index in [1.165, 1.54) is 20.2 Å². The van der Waals surface area contributed by atoms with E-state index in [9.17, 15) is 0 Å². The maximum atomic E-state index is 5.87. The summed E-state index contributed by atoms with van der Waals surface area (Å²) in [7, 11) is 0. The fourth-order valence-corrected chi connectivity index (χ4v) is 6.05. The lowest BCUT2D eigenvalue weighted by Gasteiger charge is -2.17. The Morgan fingerprint density at radius 2 is 1.88 bits per heavy atom. The summed E-state index contributed by atoms with van der Waals surface area (Å²) in [6.07, 6.45) is 2.63. The predicted octanol–water partition coefficient (Wildman–Crippen LogP) is 2.69. The van der Waals surface area contributed by atoms with Crippen molar-refractivity contribution >= 4 is 29.9 Å². The van der Waals surface area contributed by atoms with E-state index >= 15 is 0 Å². The molecule has 0 saturated carbocycles. The summed E-state index contributed by atoms with van der Waals surface area (Å²) in [4.78, 5) is 0. The van der Waals surface area contributed by atoms with Crippen LogP contribution in [0.3, 0.4) is 0 Å². The van der Waals surface area contributed by atoms with E-state index in [0.717, 1.165) is 33.9 Å². The van der Waals surface area contributed by atoms with Gasteiger partial charge in [-0.1, -0.05) is 38.1 Å². The number of aromatic nitrogens is 3. The highest BCUT2D eigenvalue weighted by Crippen LogP contribution is 2.38. The van der Waals surface area contributed by atoms with Crippen molar-refractivity contribution in [3.05, 3.63) is 65.0 Å². The number of hydrogen-bond donors (Lipinski definition) is 1. The molecule has 5 rings (SSSR count). The Morgan fingerprint density at radius 1 is 1.08 bits per heavy atom. The molecule has 0 aliphatic carbocycles. The molecule has 2 N–H and O–H groups in total. The van der Waals surface area contributed by atoms with Crippen LogP contribution in [0.5, 0.6) is 11.5 Å². The number of alkyl halides is 1. The van der Waals surface area contributed by atoms with E-state index in [4.69, 9.17) is 15.2 Å². The quantitative estimate of drug-likeness (QED) is 0.354. The molecule has 0 unspecified atom stereocenters. The Balaban J connectivity index is 1.73. The van der Waals surface area contributed by atoms with Gasteiger partial charge >= 0.3 is 0 Å². The smallest absolute Gasteiger partial charge is 0.231 e. The largest absolute Gasteiger partial charge is 0.454 e. The molecular weight excluding hydrogens is 431 g/mol. The number of nitrogens with zero attached hydrogens (tertiary/aromatic N) is 3. The number of nitrogens with two attached hydrogens (primary N) is 1. The maximum absolute atomic E-state index is 5.87. The lowest BCUT2D eigenvalue weighted by atomic mass is 9.96. The van der Waals surface area contributed by atoms with E-state index in [-0.39, 0.29) is 27.5 Å². The van der Waals surface area contributed by atoms with Gasteiger partial charge in [0.2, 0.25) is 6.79 Å². The molecule has 3 heterocycles. The van der Waals surface area contributed by atoms with Crippen LogP contribution < -0.4 is 15.2 Å². The van der Waals surface area contributed by atoms with Crippen molar-refractivity contribution in [3.63, 3.8) is 0 Å². The van der Waals surface area contributed by atoms with E-state index < -0.39 is 0 Å². The van der Waals surface area contributed by atoms with Crippen LogP contribution in [0, 0.1) is 0 Å². The van der Waals surface area contributed by atoms with Gasteiger partial charge in [0.05, 0.1) is 16.4 Å². The minimum Gasteiger partial charge on any atom is -0.454 e. The number of hydrogen-bond acceptors (Lipinski definition) is 5. The molecule has 0 radical (unpaired) electrons. The van der Waals surface area contributed by atoms with Crippen LogP contribution in [-0.2, 0) is 11.0 Å². The number of anilines is 1. The normalized spacial score (nSPS) is 15.3. The fourth-order valence-electron chi connectivity index (χ4n) is 3.10. The molecule has 0 spiro atoms. The molecule has 6 nitrogen and oxygen atoms in total. The van der Waals surface area contributed by atoms with E-state index in [2.05, 4.69) is 34.6 Å². The molecule has 1 aromatic heterocycles. The fraction of sp³-hybridized carbons (Fsp3) is 0.167. The number of fused-ring (bicyclic) bond motifs is 3. The molecular formula is C18H15IN4O2. The van der Waals surface area contributed by atoms with Gasteiger partial charge in [-0.15, -0.1) is 5.10 Å². The van der Waals surface area contributed by atoms with Crippen molar-refractivity contribution in [2.75, 3.05) is 12.5 Å². The van der Waals surface area contributed by atoms with Gasteiger partial charge in [0, 0.05) is 15.6 Å². The summed E-state index contributed by atoms with van der Waals surface area (Å²) in [6, 6.07) is 12.3. The summed E-state index contributed by atoms with van der Waals surface area (Å²) < 4.78 is 15.5. The van der Waals surface area contributed by atoms with Gasteiger partial charge in [-0.3, -0.25) is 0 Å².